The van der Waals surface area contributed by atoms with E-state index in [1.807, 2.05) is 0 Å². The van der Waals surface area contributed by atoms with Crippen molar-refractivity contribution in [1.82, 2.24) is 0 Å². The molecule has 0 saturated heterocycles. The van der Waals surface area contributed by atoms with Gasteiger partial charge in [-0.2, -0.15) is 0 Å². The van der Waals surface area contributed by atoms with Crippen LogP contribution in [0, 0.1) is 6.92 Å². The minimum atomic E-state index is -0.368. The third-order valence-electron chi connectivity index (χ3n) is 0.796. The number of esters is 1. The number of carbonyl (C=O) groups excluding carboxylic acids is 1. The summed E-state index contributed by atoms with van der Waals surface area (Å²) < 4.78 is 4.33. The minimum Gasteiger partial charge on any atom is -0.466 e. The molecule has 0 spiro atoms. The van der Waals surface area contributed by atoms with E-state index in [0.717, 1.165) is 0 Å². The molecule has 45 valence electrons. The molecule has 0 bridgehead atoms. The van der Waals surface area contributed by atoms with Crippen molar-refractivity contribution in [1.29, 1.82) is 0 Å². The second-order valence-corrected chi connectivity index (χ2v) is 1.31. The second kappa shape index (κ2) is 3.24. The number of ether oxygens (including phenoxy) is 1. The van der Waals surface area contributed by atoms with Gasteiger partial charge in [-0.1, -0.05) is 6.08 Å². The van der Waals surface area contributed by atoms with Gasteiger partial charge in [-0.3, -0.25) is 0 Å². The maximum Gasteiger partial charge on any atom is 0.333 e. The third kappa shape index (κ3) is 1.78. The molecule has 0 aliphatic rings. The first-order chi connectivity index (χ1) is 3.72. The van der Waals surface area contributed by atoms with Crippen LogP contribution in [0.5, 0.6) is 0 Å². The lowest BCUT2D eigenvalue weighted by Gasteiger charge is -1.93. The van der Waals surface area contributed by atoms with Gasteiger partial charge in [-0.25, -0.2) is 4.79 Å². The van der Waals surface area contributed by atoms with Gasteiger partial charge in [0, 0.05) is 5.57 Å². The maximum absolute atomic E-state index is 10.4. The summed E-state index contributed by atoms with van der Waals surface area (Å²) in [5.41, 5.74) is 0.396. The summed E-state index contributed by atoms with van der Waals surface area (Å²) in [6.45, 7) is 5.15. The highest BCUT2D eigenvalue weighted by Crippen LogP contribution is 1.91. The predicted octanol–water partition coefficient (Wildman–Crippen LogP) is 0.940. The first kappa shape index (κ1) is 7.21. The molecule has 0 aliphatic carbocycles. The molecule has 0 rings (SSSR count). The molecule has 0 aromatic rings. The largest absolute Gasteiger partial charge is 0.466 e. The molecular formula is C6H9O2. The highest BCUT2D eigenvalue weighted by Gasteiger charge is 1.98. The number of allylic oxidation sites excluding steroid dienone is 1. The average molecular weight is 113 g/mol. The molecule has 2 nitrogen and oxygen atoms in total. The molecular weight excluding hydrogens is 104 g/mol. The highest BCUT2D eigenvalue weighted by molar-refractivity contribution is 5.89. The summed E-state index contributed by atoms with van der Waals surface area (Å²) in [6.07, 6.45) is 1.60. The van der Waals surface area contributed by atoms with E-state index >= 15 is 0 Å². The first-order valence-corrected chi connectivity index (χ1v) is 2.29. The van der Waals surface area contributed by atoms with Crippen molar-refractivity contribution in [2.75, 3.05) is 7.11 Å². The van der Waals surface area contributed by atoms with Crippen LogP contribution in [0.15, 0.2) is 11.6 Å². The van der Waals surface area contributed by atoms with Gasteiger partial charge >= 0.3 is 5.97 Å². The fourth-order valence-electron chi connectivity index (χ4n) is 0.249. The van der Waals surface area contributed by atoms with Gasteiger partial charge in [0.05, 0.1) is 7.11 Å². The van der Waals surface area contributed by atoms with Gasteiger partial charge in [-0.15, -0.1) is 0 Å². The van der Waals surface area contributed by atoms with Crippen LogP contribution in [-0.2, 0) is 9.53 Å². The van der Waals surface area contributed by atoms with E-state index in [4.69, 9.17) is 0 Å². The number of hydrogen-bond acceptors (Lipinski definition) is 2. The normalized spacial score (nSPS) is 11.1. The van der Waals surface area contributed by atoms with Gasteiger partial charge in [-0.05, 0) is 13.8 Å². The molecule has 2 heteroatoms. The Kier molecular flexibility index (Phi) is 2.92. The zero-order chi connectivity index (χ0) is 6.57. The summed E-state index contributed by atoms with van der Waals surface area (Å²) in [4.78, 5) is 10.4. The summed E-state index contributed by atoms with van der Waals surface area (Å²) in [5.74, 6) is -0.368. The van der Waals surface area contributed by atoms with Crippen molar-refractivity contribution in [3.05, 3.63) is 18.6 Å². The Morgan fingerprint density at radius 3 is 2.38 bits per heavy atom. The highest BCUT2D eigenvalue weighted by atomic mass is 16.5. The molecule has 0 saturated carbocycles. The first-order valence-electron chi connectivity index (χ1n) is 2.29. The van der Waals surface area contributed by atoms with Gasteiger partial charge in [0.2, 0.25) is 0 Å². The molecule has 1 radical (unpaired) electrons. The van der Waals surface area contributed by atoms with Gasteiger partial charge < -0.3 is 4.74 Å². The summed E-state index contributed by atoms with van der Waals surface area (Å²) in [5, 5.41) is 0. The number of carbonyl (C=O) groups is 1. The van der Waals surface area contributed by atoms with E-state index in [0.29, 0.717) is 5.57 Å². The quantitative estimate of drug-likeness (QED) is 0.373. The van der Waals surface area contributed by atoms with Crippen molar-refractivity contribution >= 4 is 5.97 Å². The van der Waals surface area contributed by atoms with Crippen LogP contribution in [0.4, 0.5) is 0 Å². The molecule has 0 aliphatic heterocycles. The Balaban J connectivity index is 3.83. The van der Waals surface area contributed by atoms with E-state index in [9.17, 15) is 4.79 Å². The zero-order valence-electron chi connectivity index (χ0n) is 5.10. The molecule has 0 amide bonds. The van der Waals surface area contributed by atoms with Gasteiger partial charge in [0.25, 0.3) is 0 Å². The fraction of sp³-hybridized carbons (Fsp3) is 0.333. The fourth-order valence-corrected chi connectivity index (χ4v) is 0.249. The van der Waals surface area contributed by atoms with Crippen LogP contribution >= 0.6 is 0 Å². The topological polar surface area (TPSA) is 26.3 Å². The lowest BCUT2D eigenvalue weighted by molar-refractivity contribution is -0.135. The molecule has 0 unspecified atom stereocenters. The van der Waals surface area contributed by atoms with Crippen LogP contribution in [0.2, 0.25) is 0 Å². The second-order valence-electron chi connectivity index (χ2n) is 1.31. The number of methoxy groups -OCH3 is 1. The van der Waals surface area contributed by atoms with Crippen LogP contribution in [0.3, 0.4) is 0 Å². The van der Waals surface area contributed by atoms with Crippen LogP contribution in [-0.4, -0.2) is 13.1 Å². The number of hydrogen-bond donors (Lipinski definition) is 0. The summed E-state index contributed by atoms with van der Waals surface area (Å²) in [6, 6.07) is 0. The van der Waals surface area contributed by atoms with Crippen molar-refractivity contribution in [3.63, 3.8) is 0 Å². The van der Waals surface area contributed by atoms with E-state index in [2.05, 4.69) is 11.7 Å². The Bertz CT molecular complexity index is 114. The molecule has 0 fully saturated rings. The lowest BCUT2D eigenvalue weighted by atomic mass is 10.3. The van der Waals surface area contributed by atoms with Crippen molar-refractivity contribution in [3.8, 4) is 0 Å². The summed E-state index contributed by atoms with van der Waals surface area (Å²) >= 11 is 0. The van der Waals surface area contributed by atoms with E-state index in [1.54, 1.807) is 13.0 Å². The average Bonchev–Trinajstić information content (AvgIpc) is 1.84. The van der Waals surface area contributed by atoms with Gasteiger partial charge in [0.1, 0.15) is 0 Å². The van der Waals surface area contributed by atoms with Crippen LogP contribution in [0.1, 0.15) is 6.92 Å². The smallest absolute Gasteiger partial charge is 0.333 e. The zero-order valence-corrected chi connectivity index (χ0v) is 5.10. The van der Waals surface area contributed by atoms with Gasteiger partial charge in [0.15, 0.2) is 0 Å². The Morgan fingerprint density at radius 1 is 1.75 bits per heavy atom. The molecule has 0 atom stereocenters. The van der Waals surface area contributed by atoms with E-state index in [-0.39, 0.29) is 5.97 Å². The van der Waals surface area contributed by atoms with E-state index in [1.165, 1.54) is 7.11 Å². The maximum atomic E-state index is 10.4. The minimum absolute atomic E-state index is 0.368. The van der Waals surface area contributed by atoms with E-state index < -0.39 is 0 Å². The monoisotopic (exact) mass is 113 g/mol. The third-order valence-corrected chi connectivity index (χ3v) is 0.796. The standard InChI is InChI=1S/C6H9O2/c1-4-5(2)6(7)8-3/h4H,2H2,1,3H3/b5-4+. The molecule has 0 heterocycles. The lowest BCUT2D eigenvalue weighted by Crippen LogP contribution is -2.00. The molecule has 0 aromatic carbocycles. The van der Waals surface area contributed by atoms with Crippen LogP contribution < -0.4 is 0 Å². The Labute approximate surface area is 49.1 Å². The van der Waals surface area contributed by atoms with Crippen molar-refractivity contribution in [2.45, 2.75) is 6.92 Å². The SMILES string of the molecule is [CH2]/C(=C\C)C(=O)OC. The summed E-state index contributed by atoms with van der Waals surface area (Å²) in [7, 11) is 1.33. The van der Waals surface area contributed by atoms with Crippen LogP contribution in [0.25, 0.3) is 0 Å². The van der Waals surface area contributed by atoms with Crippen molar-refractivity contribution in [2.24, 2.45) is 0 Å². The predicted molar refractivity (Wildman–Crippen MR) is 31.1 cm³/mol. The van der Waals surface area contributed by atoms with Crippen molar-refractivity contribution < 1.29 is 9.53 Å². The Hall–Kier alpha value is -0.790. The molecule has 0 N–H and O–H groups in total. The molecule has 0 aromatic heterocycles. The number of rotatable bonds is 1. The molecule has 8 heavy (non-hydrogen) atoms. The Morgan fingerprint density at radius 2 is 2.25 bits per heavy atom.